The van der Waals surface area contributed by atoms with Gasteiger partial charge in [0.15, 0.2) is 0 Å². The highest BCUT2D eigenvalue weighted by Gasteiger charge is 2.24. The summed E-state index contributed by atoms with van der Waals surface area (Å²) >= 11 is 0. The van der Waals surface area contributed by atoms with Crippen LogP contribution in [0.2, 0.25) is 0 Å². The van der Waals surface area contributed by atoms with E-state index in [9.17, 15) is 9.59 Å². The van der Waals surface area contributed by atoms with Crippen LogP contribution in [0.3, 0.4) is 0 Å². The Morgan fingerprint density at radius 2 is 1.13 bits per heavy atom. The maximum atomic E-state index is 12.5. The predicted octanol–water partition coefficient (Wildman–Crippen LogP) is 4.56. The summed E-state index contributed by atoms with van der Waals surface area (Å²) in [5.74, 6) is -0.892. The van der Waals surface area contributed by atoms with Crippen molar-refractivity contribution >= 4 is 11.8 Å². The van der Waals surface area contributed by atoms with E-state index in [4.69, 9.17) is 0 Å². The van der Waals surface area contributed by atoms with E-state index in [2.05, 4.69) is 39.8 Å². The number of carbonyl (C=O) groups excluding carboxylic acids is 2. The number of nitrogens with one attached hydrogen (secondary N) is 2. The molecule has 1 aliphatic carbocycles. The molecule has 1 heterocycles. The molecule has 5 heteroatoms. The zero-order valence-corrected chi connectivity index (χ0v) is 19.1. The van der Waals surface area contributed by atoms with Gasteiger partial charge in [-0.1, -0.05) is 88.1 Å². The monoisotopic (exact) mass is 427 g/mol. The van der Waals surface area contributed by atoms with Crippen LogP contribution < -0.4 is 10.6 Å². The summed E-state index contributed by atoms with van der Waals surface area (Å²) in [6.45, 7) is 2.85. The van der Waals surface area contributed by atoms with Gasteiger partial charge in [-0.15, -0.1) is 0 Å². The Morgan fingerprint density at radius 1 is 0.677 bits per heavy atom. The Labute approximate surface area is 188 Å². The van der Waals surface area contributed by atoms with Gasteiger partial charge in [0.25, 0.3) is 0 Å². The molecule has 1 aromatic rings. The van der Waals surface area contributed by atoms with E-state index in [0.29, 0.717) is 0 Å². The third-order valence-electron chi connectivity index (χ3n) is 6.82. The number of rotatable bonds is 4. The maximum Gasteiger partial charge on any atom is 0.309 e. The third kappa shape index (κ3) is 9.02. The van der Waals surface area contributed by atoms with E-state index in [0.717, 1.165) is 58.2 Å². The summed E-state index contributed by atoms with van der Waals surface area (Å²) in [6.07, 6.45) is 15.2. The Kier molecular flexibility index (Phi) is 10.4. The average molecular weight is 428 g/mol. The van der Waals surface area contributed by atoms with Crippen molar-refractivity contribution in [3.05, 3.63) is 35.9 Å². The van der Waals surface area contributed by atoms with Gasteiger partial charge >= 0.3 is 11.8 Å². The molecule has 0 aromatic heterocycles. The number of hydrogen-bond acceptors (Lipinski definition) is 3. The van der Waals surface area contributed by atoms with E-state index in [1.165, 1.54) is 50.5 Å². The van der Waals surface area contributed by atoms with Crippen LogP contribution in [-0.4, -0.2) is 41.9 Å². The van der Waals surface area contributed by atoms with Crippen LogP contribution >= 0.6 is 0 Å². The van der Waals surface area contributed by atoms with E-state index in [-0.39, 0.29) is 12.1 Å². The zero-order valence-electron chi connectivity index (χ0n) is 19.1. The van der Waals surface area contributed by atoms with Crippen molar-refractivity contribution in [3.8, 4) is 0 Å². The topological polar surface area (TPSA) is 61.4 Å². The number of nitrogens with zero attached hydrogens (tertiary/aromatic N) is 1. The molecule has 172 valence electrons. The first-order valence-corrected chi connectivity index (χ1v) is 12.6. The highest BCUT2D eigenvalue weighted by molar-refractivity contribution is 6.35. The second kappa shape index (κ2) is 13.5. The third-order valence-corrected chi connectivity index (χ3v) is 6.82. The fraction of sp³-hybridized carbons (Fsp3) is 0.692. The smallest absolute Gasteiger partial charge is 0.309 e. The van der Waals surface area contributed by atoms with Gasteiger partial charge in [0.05, 0.1) is 0 Å². The second-order valence-corrected chi connectivity index (χ2v) is 9.44. The summed E-state index contributed by atoms with van der Waals surface area (Å²) in [7, 11) is 0. The molecule has 2 fully saturated rings. The van der Waals surface area contributed by atoms with Gasteiger partial charge in [-0.3, -0.25) is 14.5 Å². The van der Waals surface area contributed by atoms with Crippen LogP contribution in [0.4, 0.5) is 0 Å². The lowest BCUT2D eigenvalue weighted by atomic mass is 9.98. The molecule has 0 spiro atoms. The zero-order chi connectivity index (χ0) is 21.7. The quantitative estimate of drug-likeness (QED) is 0.693. The van der Waals surface area contributed by atoms with Gasteiger partial charge in [0.2, 0.25) is 0 Å². The summed E-state index contributed by atoms with van der Waals surface area (Å²) in [5, 5.41) is 6.02. The van der Waals surface area contributed by atoms with Crippen molar-refractivity contribution in [2.75, 3.05) is 13.1 Å². The number of piperidine rings is 1. The van der Waals surface area contributed by atoms with E-state index in [1.807, 2.05) is 6.07 Å². The van der Waals surface area contributed by atoms with Crippen LogP contribution in [0.25, 0.3) is 0 Å². The Hall–Kier alpha value is -1.88. The fourth-order valence-electron chi connectivity index (χ4n) is 4.89. The molecular weight excluding hydrogens is 386 g/mol. The van der Waals surface area contributed by atoms with Gasteiger partial charge in [0, 0.05) is 31.7 Å². The molecule has 1 saturated heterocycles. The number of hydrogen-bond donors (Lipinski definition) is 2. The standard InChI is InChI=1S/C26H41N3O2/c30-25(27-23-15-11-6-4-2-1-3-5-7-12-16-23)26(31)28-24-17-19-29(20-18-24)21-22-13-9-8-10-14-22/h8-10,13-14,23-24H,1-7,11-12,15-21H2,(H,27,30)(H,28,31). The van der Waals surface area contributed by atoms with E-state index in [1.54, 1.807) is 0 Å². The lowest BCUT2D eigenvalue weighted by molar-refractivity contribution is -0.140. The summed E-state index contributed by atoms with van der Waals surface area (Å²) in [6, 6.07) is 10.7. The van der Waals surface area contributed by atoms with Crippen LogP contribution in [0.15, 0.2) is 30.3 Å². The van der Waals surface area contributed by atoms with Crippen molar-refractivity contribution in [3.63, 3.8) is 0 Å². The van der Waals surface area contributed by atoms with Crippen LogP contribution in [0.5, 0.6) is 0 Å². The molecule has 1 saturated carbocycles. The van der Waals surface area contributed by atoms with Gasteiger partial charge in [0.1, 0.15) is 0 Å². The first kappa shape index (κ1) is 23.8. The molecule has 31 heavy (non-hydrogen) atoms. The first-order valence-electron chi connectivity index (χ1n) is 12.6. The minimum atomic E-state index is -0.451. The SMILES string of the molecule is O=C(NC1CCCCCCCCCCC1)C(=O)NC1CCN(Cc2ccccc2)CC1. The van der Waals surface area contributed by atoms with Gasteiger partial charge in [-0.05, 0) is 31.2 Å². The molecule has 2 N–H and O–H groups in total. The van der Waals surface area contributed by atoms with Crippen molar-refractivity contribution < 1.29 is 9.59 Å². The molecule has 2 aliphatic rings. The van der Waals surface area contributed by atoms with Gasteiger partial charge in [-0.2, -0.15) is 0 Å². The molecule has 1 aliphatic heterocycles. The number of amides is 2. The molecule has 0 unspecified atom stereocenters. The van der Waals surface area contributed by atoms with Crippen LogP contribution in [0.1, 0.15) is 89.0 Å². The number of carbonyl (C=O) groups is 2. The van der Waals surface area contributed by atoms with Crippen molar-refractivity contribution in [1.82, 2.24) is 15.5 Å². The first-order chi connectivity index (χ1) is 15.2. The van der Waals surface area contributed by atoms with E-state index < -0.39 is 11.8 Å². The fourth-order valence-corrected chi connectivity index (χ4v) is 4.89. The minimum Gasteiger partial charge on any atom is -0.345 e. The number of likely N-dealkylation sites (tertiary alicyclic amines) is 1. The van der Waals surface area contributed by atoms with Gasteiger partial charge < -0.3 is 10.6 Å². The van der Waals surface area contributed by atoms with Crippen molar-refractivity contribution in [2.24, 2.45) is 0 Å². The molecular formula is C26H41N3O2. The molecule has 2 amide bonds. The highest BCUT2D eigenvalue weighted by atomic mass is 16.2. The number of benzene rings is 1. The molecule has 0 atom stereocenters. The average Bonchev–Trinajstić information content (AvgIpc) is 2.77. The Morgan fingerprint density at radius 3 is 1.65 bits per heavy atom. The normalized spacial score (nSPS) is 20.9. The summed E-state index contributed by atoms with van der Waals surface area (Å²) in [5.41, 5.74) is 1.32. The molecule has 0 bridgehead atoms. The van der Waals surface area contributed by atoms with Crippen LogP contribution in [0, 0.1) is 0 Å². The van der Waals surface area contributed by atoms with E-state index >= 15 is 0 Å². The highest BCUT2D eigenvalue weighted by Crippen LogP contribution is 2.17. The lowest BCUT2D eigenvalue weighted by Gasteiger charge is -2.32. The van der Waals surface area contributed by atoms with Gasteiger partial charge in [-0.25, -0.2) is 0 Å². The maximum absolute atomic E-state index is 12.5. The summed E-state index contributed by atoms with van der Waals surface area (Å²) in [4.78, 5) is 27.4. The molecule has 0 radical (unpaired) electrons. The molecule has 3 rings (SSSR count). The Bertz CT molecular complexity index is 644. The predicted molar refractivity (Wildman–Crippen MR) is 126 cm³/mol. The van der Waals surface area contributed by atoms with Crippen molar-refractivity contribution in [1.29, 1.82) is 0 Å². The molecule has 1 aromatic carbocycles. The van der Waals surface area contributed by atoms with Crippen molar-refractivity contribution in [2.45, 2.75) is 102 Å². The lowest BCUT2D eigenvalue weighted by Crippen LogP contribution is -2.50. The van der Waals surface area contributed by atoms with Crippen LogP contribution in [-0.2, 0) is 16.1 Å². The largest absolute Gasteiger partial charge is 0.345 e. The molecule has 5 nitrogen and oxygen atoms in total. The Balaban J connectivity index is 1.37. The minimum absolute atomic E-state index is 0.0987. The second-order valence-electron chi connectivity index (χ2n) is 9.44. The summed E-state index contributed by atoms with van der Waals surface area (Å²) < 4.78 is 0.